The lowest BCUT2D eigenvalue weighted by atomic mass is 9.91. The molecule has 2 aliphatic heterocycles. The molecule has 0 bridgehead atoms. The number of carbonyl (C=O) groups is 1. The third-order valence-electron chi connectivity index (χ3n) is 4.05. The molecular weight excluding hydrogens is 311 g/mol. The first-order chi connectivity index (χ1) is 9.15. The van der Waals surface area contributed by atoms with Crippen LogP contribution in [-0.2, 0) is 0 Å². The minimum Gasteiger partial charge on any atom is -0.334 e. The Labute approximate surface area is 120 Å². The van der Waals surface area contributed by atoms with Gasteiger partial charge in [0.1, 0.15) is 5.82 Å². The molecular formula is C14H16BrFN2O. The lowest BCUT2D eigenvalue weighted by Crippen LogP contribution is -2.48. The van der Waals surface area contributed by atoms with Gasteiger partial charge in [-0.25, -0.2) is 4.39 Å². The van der Waals surface area contributed by atoms with Crippen LogP contribution in [0.4, 0.5) is 4.39 Å². The smallest absolute Gasteiger partial charge is 0.254 e. The van der Waals surface area contributed by atoms with Crippen LogP contribution < -0.4 is 5.32 Å². The highest BCUT2D eigenvalue weighted by Crippen LogP contribution is 2.28. The van der Waals surface area contributed by atoms with Crippen molar-refractivity contribution in [3.63, 3.8) is 0 Å². The molecule has 2 aliphatic rings. The average molecular weight is 327 g/mol. The van der Waals surface area contributed by atoms with Crippen LogP contribution in [0.15, 0.2) is 22.7 Å². The van der Waals surface area contributed by atoms with Gasteiger partial charge in [0, 0.05) is 35.7 Å². The maximum Gasteiger partial charge on any atom is 0.254 e. The number of nitrogens with zero attached hydrogens (tertiary/aromatic N) is 1. The van der Waals surface area contributed by atoms with E-state index in [4.69, 9.17) is 0 Å². The highest BCUT2D eigenvalue weighted by molar-refractivity contribution is 9.10. The standard InChI is InChI=1S/C14H16BrFN2O/c15-11-4-10(5-12(16)6-11)14(19)18-3-1-2-9-7-17-8-13(9)18/h4-6,9,13,17H,1-3,7-8H2. The van der Waals surface area contributed by atoms with Crippen LogP contribution in [0.2, 0.25) is 0 Å². The van der Waals surface area contributed by atoms with Crippen molar-refractivity contribution in [1.82, 2.24) is 10.2 Å². The fourth-order valence-corrected chi connectivity index (χ4v) is 3.63. The Hall–Kier alpha value is -0.940. The van der Waals surface area contributed by atoms with Crippen LogP contribution in [0.1, 0.15) is 23.2 Å². The van der Waals surface area contributed by atoms with Gasteiger partial charge >= 0.3 is 0 Å². The Kier molecular flexibility index (Phi) is 3.58. The van der Waals surface area contributed by atoms with Crippen molar-refractivity contribution >= 4 is 21.8 Å². The molecule has 2 heterocycles. The lowest BCUT2D eigenvalue weighted by Gasteiger charge is -2.37. The van der Waals surface area contributed by atoms with Crippen LogP contribution >= 0.6 is 15.9 Å². The van der Waals surface area contributed by atoms with Gasteiger partial charge in [0.05, 0.1) is 0 Å². The topological polar surface area (TPSA) is 32.3 Å². The van der Waals surface area contributed by atoms with Crippen molar-refractivity contribution in [3.8, 4) is 0 Å². The summed E-state index contributed by atoms with van der Waals surface area (Å²) in [5.74, 6) is 0.115. The second-order valence-corrected chi connectivity index (χ2v) is 6.20. The van der Waals surface area contributed by atoms with E-state index < -0.39 is 0 Å². The predicted octanol–water partition coefficient (Wildman–Crippen LogP) is 2.41. The van der Waals surface area contributed by atoms with Gasteiger partial charge in [0.25, 0.3) is 5.91 Å². The summed E-state index contributed by atoms with van der Waals surface area (Å²) in [6.45, 7) is 2.62. The number of amides is 1. The van der Waals surface area contributed by atoms with E-state index in [1.54, 1.807) is 6.07 Å². The second kappa shape index (κ2) is 5.21. The molecule has 5 heteroatoms. The van der Waals surface area contributed by atoms with Gasteiger partial charge < -0.3 is 10.2 Å². The Morgan fingerprint density at radius 1 is 1.37 bits per heavy atom. The van der Waals surface area contributed by atoms with Gasteiger partial charge in [0.2, 0.25) is 0 Å². The predicted molar refractivity (Wildman–Crippen MR) is 74.5 cm³/mol. The molecule has 0 aliphatic carbocycles. The first-order valence-electron chi connectivity index (χ1n) is 6.63. The molecule has 102 valence electrons. The number of nitrogens with one attached hydrogen (secondary N) is 1. The maximum absolute atomic E-state index is 13.4. The second-order valence-electron chi connectivity index (χ2n) is 5.28. The van der Waals surface area contributed by atoms with Crippen molar-refractivity contribution in [1.29, 1.82) is 0 Å². The van der Waals surface area contributed by atoms with E-state index in [2.05, 4.69) is 21.2 Å². The van der Waals surface area contributed by atoms with Crippen molar-refractivity contribution < 1.29 is 9.18 Å². The summed E-state index contributed by atoms with van der Waals surface area (Å²) in [5.41, 5.74) is 0.430. The highest BCUT2D eigenvalue weighted by atomic mass is 79.9. The van der Waals surface area contributed by atoms with Gasteiger partial charge in [-0.3, -0.25) is 4.79 Å². The van der Waals surface area contributed by atoms with Crippen LogP contribution in [-0.4, -0.2) is 36.5 Å². The summed E-state index contributed by atoms with van der Waals surface area (Å²) >= 11 is 3.24. The van der Waals surface area contributed by atoms with E-state index in [0.29, 0.717) is 16.0 Å². The van der Waals surface area contributed by atoms with Crippen molar-refractivity contribution in [2.45, 2.75) is 18.9 Å². The van der Waals surface area contributed by atoms with Gasteiger partial charge in [-0.2, -0.15) is 0 Å². The molecule has 0 aromatic heterocycles. The van der Waals surface area contributed by atoms with E-state index in [-0.39, 0.29) is 17.8 Å². The molecule has 0 radical (unpaired) electrons. The molecule has 1 aromatic rings. The van der Waals surface area contributed by atoms with Crippen LogP contribution in [0, 0.1) is 11.7 Å². The average Bonchev–Trinajstić information content (AvgIpc) is 2.84. The van der Waals surface area contributed by atoms with Crippen molar-refractivity contribution in [3.05, 3.63) is 34.1 Å². The molecule has 1 amide bonds. The summed E-state index contributed by atoms with van der Waals surface area (Å²) < 4.78 is 14.0. The number of hydrogen-bond acceptors (Lipinski definition) is 2. The van der Waals surface area contributed by atoms with Crippen LogP contribution in [0.3, 0.4) is 0 Å². The van der Waals surface area contributed by atoms with E-state index >= 15 is 0 Å². The van der Waals surface area contributed by atoms with E-state index in [0.717, 1.165) is 26.1 Å². The molecule has 0 saturated carbocycles. The van der Waals surface area contributed by atoms with Gasteiger partial charge in [0.15, 0.2) is 0 Å². The molecule has 2 unspecified atom stereocenters. The zero-order valence-corrected chi connectivity index (χ0v) is 12.1. The van der Waals surface area contributed by atoms with Gasteiger partial charge in [-0.05, 0) is 37.0 Å². The van der Waals surface area contributed by atoms with Crippen LogP contribution in [0.5, 0.6) is 0 Å². The van der Waals surface area contributed by atoms with Crippen molar-refractivity contribution in [2.75, 3.05) is 19.6 Å². The lowest BCUT2D eigenvalue weighted by molar-refractivity contribution is 0.0574. The quantitative estimate of drug-likeness (QED) is 0.859. The van der Waals surface area contributed by atoms with Crippen LogP contribution in [0.25, 0.3) is 0 Å². The number of benzene rings is 1. The number of rotatable bonds is 1. The number of hydrogen-bond donors (Lipinski definition) is 1. The summed E-state index contributed by atoms with van der Waals surface area (Å²) in [6, 6.07) is 4.65. The number of fused-ring (bicyclic) bond motifs is 1. The number of likely N-dealkylation sites (tertiary alicyclic amines) is 1. The third kappa shape index (κ3) is 2.54. The molecule has 1 N–H and O–H groups in total. The molecule has 19 heavy (non-hydrogen) atoms. The number of carbonyl (C=O) groups excluding carboxylic acids is 1. The first-order valence-corrected chi connectivity index (χ1v) is 7.42. The normalized spacial score (nSPS) is 26.3. The molecule has 2 atom stereocenters. The number of halogens is 2. The van der Waals surface area contributed by atoms with Crippen molar-refractivity contribution in [2.24, 2.45) is 5.92 Å². The maximum atomic E-state index is 13.4. The minimum absolute atomic E-state index is 0.0569. The van der Waals surface area contributed by atoms with Gasteiger partial charge in [-0.15, -0.1) is 0 Å². The van der Waals surface area contributed by atoms with E-state index in [9.17, 15) is 9.18 Å². The Morgan fingerprint density at radius 2 is 2.21 bits per heavy atom. The summed E-state index contributed by atoms with van der Waals surface area (Å²) in [7, 11) is 0. The monoisotopic (exact) mass is 326 g/mol. The summed E-state index contributed by atoms with van der Waals surface area (Å²) in [6.07, 6.45) is 2.21. The molecule has 2 fully saturated rings. The number of piperidine rings is 1. The van der Waals surface area contributed by atoms with E-state index in [1.807, 2.05) is 4.90 Å². The molecule has 0 spiro atoms. The Morgan fingerprint density at radius 3 is 3.00 bits per heavy atom. The zero-order valence-electron chi connectivity index (χ0n) is 10.5. The minimum atomic E-state index is -0.379. The van der Waals surface area contributed by atoms with Gasteiger partial charge in [-0.1, -0.05) is 15.9 Å². The van der Waals surface area contributed by atoms with E-state index in [1.165, 1.54) is 18.6 Å². The molecule has 3 nitrogen and oxygen atoms in total. The fourth-order valence-electron chi connectivity index (χ4n) is 3.16. The highest BCUT2D eigenvalue weighted by Gasteiger charge is 2.37. The molecule has 3 rings (SSSR count). The Balaban J connectivity index is 1.86. The summed E-state index contributed by atoms with van der Waals surface area (Å²) in [4.78, 5) is 14.5. The fraction of sp³-hybridized carbons (Fsp3) is 0.500. The molecule has 1 aromatic carbocycles. The first kappa shape index (κ1) is 13.1. The molecule has 2 saturated heterocycles. The Bertz CT molecular complexity index is 488. The third-order valence-corrected chi connectivity index (χ3v) is 4.51. The summed E-state index contributed by atoms with van der Waals surface area (Å²) in [5, 5.41) is 3.35. The largest absolute Gasteiger partial charge is 0.334 e. The SMILES string of the molecule is O=C(c1cc(F)cc(Br)c1)N1CCCC2CNCC21. The zero-order chi connectivity index (χ0) is 13.4.